The minimum atomic E-state index is -0.340. The number of fused-ring (bicyclic) bond motifs is 1. The molecule has 1 heterocycles. The first kappa shape index (κ1) is 16.1. The first-order chi connectivity index (χ1) is 11.7. The average molecular weight is 325 g/mol. The zero-order chi connectivity index (χ0) is 16.9. The summed E-state index contributed by atoms with van der Waals surface area (Å²) in [4.78, 5) is 25.1. The Morgan fingerprint density at radius 2 is 2.00 bits per heavy atom. The molecule has 0 radical (unpaired) electrons. The number of benzene rings is 2. The summed E-state index contributed by atoms with van der Waals surface area (Å²) in [7, 11) is 1.55. The normalized spacial score (nSPS) is 13.1. The van der Waals surface area contributed by atoms with E-state index in [1.807, 2.05) is 36.4 Å². The van der Waals surface area contributed by atoms with Crippen molar-refractivity contribution >= 4 is 12.4 Å². The summed E-state index contributed by atoms with van der Waals surface area (Å²) in [5.74, 6) is 0.573. The van der Waals surface area contributed by atoms with Crippen LogP contribution < -0.4 is 4.74 Å². The second kappa shape index (κ2) is 7.17. The molecule has 0 unspecified atom stereocenters. The highest BCUT2D eigenvalue weighted by molar-refractivity contribution is 5.80. The highest BCUT2D eigenvalue weighted by atomic mass is 16.6. The third kappa shape index (κ3) is 3.40. The van der Waals surface area contributed by atoms with Gasteiger partial charge in [-0.3, -0.25) is 4.79 Å². The molecule has 5 nitrogen and oxygen atoms in total. The van der Waals surface area contributed by atoms with Gasteiger partial charge in [-0.25, -0.2) is 4.79 Å². The standard InChI is InChI=1S/C19H19NO4/c1-23-18-10-15-7-8-20(11-16(15)9-17(18)12-21)19(22)24-13-14-5-3-2-4-6-14/h2-6,9-10,12H,7-8,11,13H2,1H3. The Balaban J connectivity index is 1.68. The summed E-state index contributed by atoms with van der Waals surface area (Å²) < 4.78 is 10.6. The molecule has 1 amide bonds. The number of carbonyl (C=O) groups is 2. The summed E-state index contributed by atoms with van der Waals surface area (Å²) in [6, 6.07) is 13.3. The second-order valence-electron chi connectivity index (χ2n) is 5.69. The van der Waals surface area contributed by atoms with Crippen molar-refractivity contribution in [2.75, 3.05) is 13.7 Å². The Morgan fingerprint density at radius 3 is 2.71 bits per heavy atom. The van der Waals surface area contributed by atoms with Crippen LogP contribution in [0.25, 0.3) is 0 Å². The van der Waals surface area contributed by atoms with Crippen LogP contribution in [-0.2, 0) is 24.3 Å². The molecule has 0 saturated heterocycles. The summed E-state index contributed by atoms with van der Waals surface area (Å²) >= 11 is 0. The largest absolute Gasteiger partial charge is 0.496 e. The Bertz CT molecular complexity index is 743. The maximum atomic E-state index is 12.3. The Hall–Kier alpha value is -2.82. The van der Waals surface area contributed by atoms with Crippen LogP contribution >= 0.6 is 0 Å². The van der Waals surface area contributed by atoms with Gasteiger partial charge in [0.1, 0.15) is 12.4 Å². The second-order valence-corrected chi connectivity index (χ2v) is 5.69. The molecule has 24 heavy (non-hydrogen) atoms. The molecule has 2 aromatic rings. The van der Waals surface area contributed by atoms with Gasteiger partial charge in [0, 0.05) is 13.1 Å². The molecule has 0 saturated carbocycles. The molecule has 0 bridgehead atoms. The van der Waals surface area contributed by atoms with Gasteiger partial charge in [0.15, 0.2) is 6.29 Å². The van der Waals surface area contributed by atoms with Crippen molar-refractivity contribution in [3.63, 3.8) is 0 Å². The number of nitrogens with zero attached hydrogens (tertiary/aromatic N) is 1. The summed E-state index contributed by atoms with van der Waals surface area (Å²) in [5.41, 5.74) is 3.51. The van der Waals surface area contributed by atoms with Crippen molar-refractivity contribution in [2.45, 2.75) is 19.6 Å². The molecule has 3 rings (SSSR count). The number of methoxy groups -OCH3 is 1. The smallest absolute Gasteiger partial charge is 0.410 e. The van der Waals surface area contributed by atoms with E-state index in [0.29, 0.717) is 30.8 Å². The van der Waals surface area contributed by atoms with Gasteiger partial charge in [0.25, 0.3) is 0 Å². The van der Waals surface area contributed by atoms with Crippen LogP contribution in [0.15, 0.2) is 42.5 Å². The van der Waals surface area contributed by atoms with Gasteiger partial charge >= 0.3 is 6.09 Å². The van der Waals surface area contributed by atoms with E-state index < -0.39 is 0 Å². The SMILES string of the molecule is COc1cc2c(cc1C=O)CN(C(=O)OCc1ccccc1)CC2. The van der Waals surface area contributed by atoms with E-state index in [1.54, 1.807) is 18.1 Å². The number of hydrogen-bond donors (Lipinski definition) is 0. The van der Waals surface area contributed by atoms with E-state index in [9.17, 15) is 9.59 Å². The van der Waals surface area contributed by atoms with Crippen LogP contribution in [0, 0.1) is 0 Å². The molecular formula is C19H19NO4. The average Bonchev–Trinajstić information content (AvgIpc) is 2.65. The summed E-state index contributed by atoms with van der Waals surface area (Å²) in [6.45, 7) is 1.28. The monoisotopic (exact) mass is 325 g/mol. The van der Waals surface area contributed by atoms with Gasteiger partial charge in [-0.15, -0.1) is 0 Å². The number of amides is 1. The molecule has 0 N–H and O–H groups in total. The molecule has 2 aromatic carbocycles. The lowest BCUT2D eigenvalue weighted by atomic mass is 9.97. The predicted molar refractivity (Wildman–Crippen MR) is 89.1 cm³/mol. The van der Waals surface area contributed by atoms with Crippen LogP contribution in [0.3, 0.4) is 0 Å². The van der Waals surface area contributed by atoms with Crippen LogP contribution in [0.4, 0.5) is 4.79 Å². The highest BCUT2D eigenvalue weighted by Crippen LogP contribution is 2.27. The lowest BCUT2D eigenvalue weighted by molar-refractivity contribution is 0.0918. The number of hydrogen-bond acceptors (Lipinski definition) is 4. The van der Waals surface area contributed by atoms with Gasteiger partial charge < -0.3 is 14.4 Å². The van der Waals surface area contributed by atoms with Crippen LogP contribution in [0.1, 0.15) is 27.0 Å². The fourth-order valence-electron chi connectivity index (χ4n) is 2.84. The minimum absolute atomic E-state index is 0.255. The molecule has 1 aliphatic heterocycles. The van der Waals surface area contributed by atoms with Crippen molar-refractivity contribution in [3.8, 4) is 5.75 Å². The van der Waals surface area contributed by atoms with Gasteiger partial charge in [-0.05, 0) is 35.2 Å². The maximum Gasteiger partial charge on any atom is 0.410 e. The van der Waals surface area contributed by atoms with Crippen molar-refractivity contribution in [1.82, 2.24) is 4.90 Å². The molecule has 0 atom stereocenters. The van der Waals surface area contributed by atoms with E-state index in [4.69, 9.17) is 9.47 Å². The third-order valence-corrected chi connectivity index (χ3v) is 4.15. The molecule has 0 aromatic heterocycles. The van der Waals surface area contributed by atoms with Gasteiger partial charge in [0.05, 0.1) is 12.7 Å². The van der Waals surface area contributed by atoms with E-state index >= 15 is 0 Å². The first-order valence-electron chi connectivity index (χ1n) is 7.82. The Kier molecular flexibility index (Phi) is 4.79. The maximum absolute atomic E-state index is 12.3. The summed E-state index contributed by atoms with van der Waals surface area (Å²) in [5, 5.41) is 0. The van der Waals surface area contributed by atoms with Crippen molar-refractivity contribution in [3.05, 3.63) is 64.7 Å². The Morgan fingerprint density at radius 1 is 1.21 bits per heavy atom. The van der Waals surface area contributed by atoms with Crippen LogP contribution in [0.2, 0.25) is 0 Å². The fourth-order valence-corrected chi connectivity index (χ4v) is 2.84. The van der Waals surface area contributed by atoms with Gasteiger partial charge in [-0.2, -0.15) is 0 Å². The molecule has 124 valence electrons. The molecule has 0 spiro atoms. The van der Waals surface area contributed by atoms with E-state index in [0.717, 1.165) is 23.0 Å². The number of aldehydes is 1. The molecule has 0 fully saturated rings. The van der Waals surface area contributed by atoms with E-state index in [1.165, 1.54) is 0 Å². The quantitative estimate of drug-likeness (QED) is 0.810. The zero-order valence-corrected chi connectivity index (χ0v) is 13.5. The highest BCUT2D eigenvalue weighted by Gasteiger charge is 2.23. The van der Waals surface area contributed by atoms with Crippen LogP contribution in [-0.4, -0.2) is 30.9 Å². The molecule has 1 aliphatic rings. The number of rotatable bonds is 4. The van der Waals surface area contributed by atoms with Gasteiger partial charge in [0.2, 0.25) is 0 Å². The Labute approximate surface area is 140 Å². The summed E-state index contributed by atoms with van der Waals surface area (Å²) in [6.07, 6.45) is 1.14. The lowest BCUT2D eigenvalue weighted by Crippen LogP contribution is -2.36. The van der Waals surface area contributed by atoms with Crippen molar-refractivity contribution in [2.24, 2.45) is 0 Å². The van der Waals surface area contributed by atoms with Crippen molar-refractivity contribution in [1.29, 1.82) is 0 Å². The van der Waals surface area contributed by atoms with Crippen molar-refractivity contribution < 1.29 is 19.1 Å². The predicted octanol–water partition coefficient (Wildman–Crippen LogP) is 3.20. The molecule has 0 aliphatic carbocycles. The number of carbonyl (C=O) groups excluding carboxylic acids is 2. The minimum Gasteiger partial charge on any atom is -0.496 e. The molecular weight excluding hydrogens is 306 g/mol. The van der Waals surface area contributed by atoms with Gasteiger partial charge in [-0.1, -0.05) is 30.3 Å². The third-order valence-electron chi connectivity index (χ3n) is 4.15. The number of ether oxygens (including phenoxy) is 2. The molecule has 5 heteroatoms. The first-order valence-corrected chi connectivity index (χ1v) is 7.82. The van der Waals surface area contributed by atoms with E-state index in [-0.39, 0.29) is 12.7 Å². The lowest BCUT2D eigenvalue weighted by Gasteiger charge is -2.28. The topological polar surface area (TPSA) is 55.8 Å². The fraction of sp³-hybridized carbons (Fsp3) is 0.263. The zero-order valence-electron chi connectivity index (χ0n) is 13.5. The van der Waals surface area contributed by atoms with Crippen LogP contribution in [0.5, 0.6) is 5.75 Å². The van der Waals surface area contributed by atoms with E-state index in [2.05, 4.69) is 0 Å².